The lowest BCUT2D eigenvalue weighted by Crippen LogP contribution is -2.26. The van der Waals surface area contributed by atoms with Crippen LogP contribution in [0.3, 0.4) is 0 Å². The molecule has 9 heteroatoms. The summed E-state index contributed by atoms with van der Waals surface area (Å²) in [7, 11) is 0. The fourth-order valence-electron chi connectivity index (χ4n) is 2.95. The van der Waals surface area contributed by atoms with Gasteiger partial charge >= 0.3 is 0 Å². The first-order valence-corrected chi connectivity index (χ1v) is 10.1. The van der Waals surface area contributed by atoms with Crippen LogP contribution in [0.5, 0.6) is 0 Å². The fraction of sp³-hybridized carbons (Fsp3) is 0.150. The molecule has 1 N–H and O–H groups in total. The largest absolute Gasteiger partial charge is 0.343 e. The number of tetrazole rings is 1. The van der Waals surface area contributed by atoms with Crippen LogP contribution in [-0.2, 0) is 0 Å². The van der Waals surface area contributed by atoms with Crippen LogP contribution in [0.4, 0.5) is 0 Å². The van der Waals surface area contributed by atoms with Crippen molar-refractivity contribution in [2.24, 2.45) is 0 Å². The first kappa shape index (κ1) is 19.2. The molecule has 2 aromatic heterocycles. The van der Waals surface area contributed by atoms with Gasteiger partial charge < -0.3 is 5.32 Å². The first-order chi connectivity index (χ1) is 14.0. The highest BCUT2D eigenvalue weighted by Crippen LogP contribution is 2.31. The molecule has 7 nitrogen and oxygen atoms in total. The molecule has 0 saturated carbocycles. The van der Waals surface area contributed by atoms with Gasteiger partial charge in [0.15, 0.2) is 0 Å². The van der Waals surface area contributed by atoms with Gasteiger partial charge in [0.1, 0.15) is 11.3 Å². The number of nitrogens with one attached hydrogen (secondary N) is 1. The zero-order valence-electron chi connectivity index (χ0n) is 15.7. The molecule has 1 amide bonds. The third kappa shape index (κ3) is 4.18. The van der Waals surface area contributed by atoms with Crippen LogP contribution in [0.1, 0.15) is 33.9 Å². The van der Waals surface area contributed by atoms with Crippen molar-refractivity contribution in [1.82, 2.24) is 30.5 Å². The second kappa shape index (κ2) is 8.10. The summed E-state index contributed by atoms with van der Waals surface area (Å²) in [5.41, 5.74) is 3.83. The third-order valence-corrected chi connectivity index (χ3v) is 5.67. The van der Waals surface area contributed by atoms with Crippen molar-refractivity contribution >= 4 is 28.8 Å². The molecule has 0 aliphatic heterocycles. The number of carbonyl (C=O) groups is 1. The fourth-order valence-corrected chi connectivity index (χ4v) is 3.94. The molecule has 0 saturated heterocycles. The summed E-state index contributed by atoms with van der Waals surface area (Å²) < 4.78 is 1.51. The number of thiazole rings is 1. The molecule has 0 bridgehead atoms. The summed E-state index contributed by atoms with van der Waals surface area (Å²) in [6.07, 6.45) is 3.20. The van der Waals surface area contributed by atoms with Crippen LogP contribution >= 0.6 is 22.9 Å². The standard InChI is InChI=1S/C20H17ClN6OS/c1-12-3-4-17(18(21)7-12)14-8-15(10-16(9-14)27-11-23-25-26-27)19(28)24-13(2)20-22-5-6-29-20/h3-11,13H,1-2H3,(H,24,28). The quantitative estimate of drug-likeness (QED) is 0.518. The zero-order valence-corrected chi connectivity index (χ0v) is 17.3. The van der Waals surface area contributed by atoms with Gasteiger partial charge in [-0.1, -0.05) is 23.7 Å². The Morgan fingerprint density at radius 2 is 2.10 bits per heavy atom. The maximum Gasteiger partial charge on any atom is 0.251 e. The Morgan fingerprint density at radius 1 is 1.24 bits per heavy atom. The van der Waals surface area contributed by atoms with Crippen molar-refractivity contribution in [3.05, 3.63) is 75.5 Å². The molecule has 0 aliphatic carbocycles. The Morgan fingerprint density at radius 3 is 2.79 bits per heavy atom. The van der Waals surface area contributed by atoms with Crippen LogP contribution in [0.25, 0.3) is 16.8 Å². The number of hydrogen-bond donors (Lipinski definition) is 1. The monoisotopic (exact) mass is 424 g/mol. The molecule has 0 aliphatic rings. The van der Waals surface area contributed by atoms with E-state index in [-0.39, 0.29) is 11.9 Å². The van der Waals surface area contributed by atoms with E-state index in [9.17, 15) is 4.79 Å². The predicted molar refractivity (Wildman–Crippen MR) is 112 cm³/mol. The van der Waals surface area contributed by atoms with E-state index in [4.69, 9.17) is 11.6 Å². The molecule has 0 fully saturated rings. The molecule has 4 rings (SSSR count). The Labute approximate surface area is 176 Å². The maximum absolute atomic E-state index is 13.0. The number of carbonyl (C=O) groups excluding carboxylic acids is 1. The van der Waals surface area contributed by atoms with Crippen molar-refractivity contribution in [3.63, 3.8) is 0 Å². The Kier molecular flexibility index (Phi) is 5.37. The second-order valence-electron chi connectivity index (χ2n) is 6.57. The maximum atomic E-state index is 13.0. The number of aryl methyl sites for hydroxylation is 1. The first-order valence-electron chi connectivity index (χ1n) is 8.86. The molecular weight excluding hydrogens is 408 g/mol. The van der Waals surface area contributed by atoms with Gasteiger partial charge in [0, 0.05) is 27.7 Å². The minimum absolute atomic E-state index is 0.203. The van der Waals surface area contributed by atoms with E-state index in [0.29, 0.717) is 16.3 Å². The summed E-state index contributed by atoms with van der Waals surface area (Å²) >= 11 is 7.97. The molecule has 146 valence electrons. The van der Waals surface area contributed by atoms with Crippen LogP contribution in [0.2, 0.25) is 5.02 Å². The molecular formula is C20H17ClN6OS. The molecule has 29 heavy (non-hydrogen) atoms. The summed E-state index contributed by atoms with van der Waals surface area (Å²) in [4.78, 5) is 17.2. The van der Waals surface area contributed by atoms with E-state index < -0.39 is 0 Å². The highest BCUT2D eigenvalue weighted by Gasteiger charge is 2.17. The van der Waals surface area contributed by atoms with Gasteiger partial charge in [-0.15, -0.1) is 16.4 Å². The smallest absolute Gasteiger partial charge is 0.251 e. The minimum atomic E-state index is -0.216. The Hall–Kier alpha value is -3.10. The van der Waals surface area contributed by atoms with Crippen LogP contribution in [-0.4, -0.2) is 31.1 Å². The highest BCUT2D eigenvalue weighted by atomic mass is 35.5. The van der Waals surface area contributed by atoms with Gasteiger partial charge in [0.2, 0.25) is 0 Å². The molecule has 2 heterocycles. The van der Waals surface area contributed by atoms with E-state index in [0.717, 1.165) is 21.7 Å². The number of aromatic nitrogens is 5. The molecule has 2 aromatic carbocycles. The van der Waals surface area contributed by atoms with Crippen LogP contribution in [0.15, 0.2) is 54.3 Å². The topological polar surface area (TPSA) is 85.6 Å². The van der Waals surface area contributed by atoms with E-state index in [1.54, 1.807) is 12.3 Å². The lowest BCUT2D eigenvalue weighted by Gasteiger charge is -2.14. The lowest BCUT2D eigenvalue weighted by molar-refractivity contribution is 0.0940. The number of halogens is 1. The summed E-state index contributed by atoms with van der Waals surface area (Å²) in [5, 5.41) is 17.6. The Balaban J connectivity index is 1.75. The van der Waals surface area contributed by atoms with Gasteiger partial charge in [0.05, 0.1) is 11.7 Å². The van der Waals surface area contributed by atoms with Crippen molar-refractivity contribution in [3.8, 4) is 16.8 Å². The third-order valence-electron chi connectivity index (χ3n) is 4.40. The summed E-state index contributed by atoms with van der Waals surface area (Å²) in [6, 6.07) is 11.1. The van der Waals surface area contributed by atoms with Crippen molar-refractivity contribution in [1.29, 1.82) is 0 Å². The number of hydrogen-bond acceptors (Lipinski definition) is 6. The molecule has 0 radical (unpaired) electrons. The average Bonchev–Trinajstić information content (AvgIpc) is 3.41. The minimum Gasteiger partial charge on any atom is -0.343 e. The number of benzene rings is 2. The SMILES string of the molecule is Cc1ccc(-c2cc(C(=O)NC(C)c3nccs3)cc(-n3cnnn3)c2)c(Cl)c1. The number of nitrogens with zero attached hydrogens (tertiary/aromatic N) is 5. The number of rotatable bonds is 5. The van der Waals surface area contributed by atoms with Gasteiger partial charge in [-0.2, -0.15) is 0 Å². The molecule has 1 unspecified atom stereocenters. The van der Waals surface area contributed by atoms with Crippen LogP contribution < -0.4 is 5.32 Å². The molecule has 1 atom stereocenters. The van der Waals surface area contributed by atoms with E-state index in [2.05, 4.69) is 25.8 Å². The average molecular weight is 425 g/mol. The molecule has 0 spiro atoms. The van der Waals surface area contributed by atoms with Gasteiger partial charge in [0.25, 0.3) is 5.91 Å². The number of amides is 1. The van der Waals surface area contributed by atoms with Gasteiger partial charge in [-0.3, -0.25) is 4.79 Å². The summed E-state index contributed by atoms with van der Waals surface area (Å²) in [5.74, 6) is -0.216. The Bertz CT molecular complexity index is 1140. The predicted octanol–water partition coefficient (Wildman–Crippen LogP) is 4.24. The van der Waals surface area contributed by atoms with Crippen LogP contribution in [0, 0.1) is 6.92 Å². The van der Waals surface area contributed by atoms with Crippen molar-refractivity contribution in [2.45, 2.75) is 19.9 Å². The normalized spacial score (nSPS) is 12.0. The van der Waals surface area contributed by atoms with E-state index in [1.807, 2.05) is 49.6 Å². The van der Waals surface area contributed by atoms with E-state index in [1.165, 1.54) is 22.3 Å². The van der Waals surface area contributed by atoms with E-state index >= 15 is 0 Å². The van der Waals surface area contributed by atoms with Crippen molar-refractivity contribution in [2.75, 3.05) is 0 Å². The van der Waals surface area contributed by atoms with Gasteiger partial charge in [-0.05, 0) is 59.7 Å². The highest BCUT2D eigenvalue weighted by molar-refractivity contribution is 7.09. The summed E-state index contributed by atoms with van der Waals surface area (Å²) in [6.45, 7) is 3.88. The molecule has 4 aromatic rings. The lowest BCUT2D eigenvalue weighted by atomic mass is 10.0. The van der Waals surface area contributed by atoms with Crippen molar-refractivity contribution < 1.29 is 4.79 Å². The zero-order chi connectivity index (χ0) is 20.4. The second-order valence-corrected chi connectivity index (χ2v) is 7.91. The van der Waals surface area contributed by atoms with Gasteiger partial charge in [-0.25, -0.2) is 9.67 Å².